The summed E-state index contributed by atoms with van der Waals surface area (Å²) in [6, 6.07) is 22.0. The van der Waals surface area contributed by atoms with E-state index in [4.69, 9.17) is 11.6 Å². The maximum absolute atomic E-state index is 12.5. The van der Waals surface area contributed by atoms with Gasteiger partial charge in [-0.15, -0.1) is 0 Å². The summed E-state index contributed by atoms with van der Waals surface area (Å²) in [5.74, 6) is -0.0796. The summed E-state index contributed by atoms with van der Waals surface area (Å²) in [6.07, 6.45) is 0. The Kier molecular flexibility index (Phi) is 6.59. The lowest BCUT2D eigenvalue weighted by molar-refractivity contribution is 0.102. The molecular formula is C26H28ClN3O. The third kappa shape index (κ3) is 5.27. The second-order valence-electron chi connectivity index (χ2n) is 8.15. The first-order valence-corrected chi connectivity index (χ1v) is 11.1. The quantitative estimate of drug-likeness (QED) is 0.574. The SMILES string of the molecule is Cc1ccc(C(=O)Nc2ccc(N3CCN(Cc4ccccc4Cl)CC3)cc2)cc1C. The molecule has 0 atom stereocenters. The van der Waals surface area contributed by atoms with Gasteiger partial charge >= 0.3 is 0 Å². The molecule has 4 nitrogen and oxygen atoms in total. The summed E-state index contributed by atoms with van der Waals surface area (Å²) in [7, 11) is 0. The molecule has 5 heteroatoms. The van der Waals surface area contributed by atoms with Crippen LogP contribution in [0, 0.1) is 13.8 Å². The van der Waals surface area contributed by atoms with E-state index in [-0.39, 0.29) is 5.91 Å². The van der Waals surface area contributed by atoms with Crippen LogP contribution in [0.25, 0.3) is 0 Å². The van der Waals surface area contributed by atoms with Crippen LogP contribution in [0.4, 0.5) is 11.4 Å². The average molecular weight is 434 g/mol. The van der Waals surface area contributed by atoms with E-state index >= 15 is 0 Å². The topological polar surface area (TPSA) is 35.6 Å². The van der Waals surface area contributed by atoms with Crippen LogP contribution in [0.15, 0.2) is 66.7 Å². The Morgan fingerprint density at radius 1 is 0.903 bits per heavy atom. The van der Waals surface area contributed by atoms with Crippen molar-refractivity contribution in [1.29, 1.82) is 0 Å². The van der Waals surface area contributed by atoms with E-state index in [9.17, 15) is 4.79 Å². The van der Waals surface area contributed by atoms with Gasteiger partial charge in [-0.05, 0) is 73.0 Å². The zero-order valence-corrected chi connectivity index (χ0v) is 18.8. The summed E-state index contributed by atoms with van der Waals surface area (Å²) >= 11 is 6.31. The highest BCUT2D eigenvalue weighted by molar-refractivity contribution is 6.31. The van der Waals surface area contributed by atoms with Crippen LogP contribution in [-0.4, -0.2) is 37.0 Å². The molecule has 3 aromatic carbocycles. The molecule has 31 heavy (non-hydrogen) atoms. The molecule has 0 bridgehead atoms. The molecule has 1 fully saturated rings. The fourth-order valence-electron chi connectivity index (χ4n) is 3.87. The molecule has 1 aliphatic heterocycles. The number of hydrogen-bond donors (Lipinski definition) is 1. The number of piperazine rings is 1. The van der Waals surface area contributed by atoms with Crippen LogP contribution in [-0.2, 0) is 6.54 Å². The Hall–Kier alpha value is -2.82. The lowest BCUT2D eigenvalue weighted by Gasteiger charge is -2.36. The summed E-state index contributed by atoms with van der Waals surface area (Å²) < 4.78 is 0. The van der Waals surface area contributed by atoms with E-state index in [0.717, 1.165) is 49.0 Å². The lowest BCUT2D eigenvalue weighted by Crippen LogP contribution is -2.46. The van der Waals surface area contributed by atoms with E-state index in [2.05, 4.69) is 33.3 Å². The van der Waals surface area contributed by atoms with Gasteiger partial charge in [-0.2, -0.15) is 0 Å². The van der Waals surface area contributed by atoms with Crippen LogP contribution < -0.4 is 10.2 Å². The van der Waals surface area contributed by atoms with Crippen molar-refractivity contribution in [3.8, 4) is 0 Å². The van der Waals surface area contributed by atoms with Crippen LogP contribution in [0.2, 0.25) is 5.02 Å². The highest BCUT2D eigenvalue weighted by atomic mass is 35.5. The summed E-state index contributed by atoms with van der Waals surface area (Å²) in [5.41, 5.74) is 6.17. The van der Waals surface area contributed by atoms with Gasteiger partial charge in [0.05, 0.1) is 0 Å². The highest BCUT2D eigenvalue weighted by Crippen LogP contribution is 2.22. The van der Waals surface area contributed by atoms with Crippen LogP contribution >= 0.6 is 11.6 Å². The minimum atomic E-state index is -0.0796. The van der Waals surface area contributed by atoms with Crippen molar-refractivity contribution >= 4 is 28.9 Å². The molecule has 1 heterocycles. The first-order valence-electron chi connectivity index (χ1n) is 10.7. The average Bonchev–Trinajstić information content (AvgIpc) is 2.78. The zero-order valence-electron chi connectivity index (χ0n) is 18.1. The number of nitrogens with zero attached hydrogens (tertiary/aromatic N) is 2. The molecule has 0 aliphatic carbocycles. The van der Waals surface area contributed by atoms with Crippen molar-refractivity contribution in [3.63, 3.8) is 0 Å². The number of benzene rings is 3. The molecule has 1 aliphatic rings. The van der Waals surface area contributed by atoms with Crippen molar-refractivity contribution in [2.24, 2.45) is 0 Å². The molecule has 160 valence electrons. The number of hydrogen-bond acceptors (Lipinski definition) is 3. The van der Waals surface area contributed by atoms with Crippen LogP contribution in [0.3, 0.4) is 0 Å². The molecule has 0 unspecified atom stereocenters. The van der Waals surface area contributed by atoms with Crippen LogP contribution in [0.1, 0.15) is 27.0 Å². The van der Waals surface area contributed by atoms with Gasteiger partial charge in [-0.25, -0.2) is 0 Å². The maximum atomic E-state index is 12.5. The Balaban J connectivity index is 1.32. The largest absolute Gasteiger partial charge is 0.369 e. The van der Waals surface area contributed by atoms with Gasteiger partial charge in [0.2, 0.25) is 0 Å². The Bertz CT molecular complexity index is 1060. The van der Waals surface area contributed by atoms with E-state index in [0.29, 0.717) is 5.56 Å². The molecule has 0 radical (unpaired) electrons. The number of anilines is 2. The molecule has 1 saturated heterocycles. The van der Waals surface area contributed by atoms with Gasteiger partial charge in [0.15, 0.2) is 0 Å². The number of nitrogens with one attached hydrogen (secondary N) is 1. The Morgan fingerprint density at radius 2 is 1.61 bits per heavy atom. The smallest absolute Gasteiger partial charge is 0.255 e. The first kappa shape index (κ1) is 21.4. The van der Waals surface area contributed by atoms with Gasteiger partial charge in [-0.3, -0.25) is 9.69 Å². The van der Waals surface area contributed by atoms with Gasteiger partial charge in [0.25, 0.3) is 5.91 Å². The zero-order chi connectivity index (χ0) is 21.8. The standard InChI is InChI=1S/C26H28ClN3O/c1-19-7-8-21(17-20(19)2)26(31)28-23-9-11-24(12-10-23)30-15-13-29(14-16-30)18-22-5-3-4-6-25(22)27/h3-12,17H,13-16,18H2,1-2H3,(H,28,31). The molecule has 1 N–H and O–H groups in total. The van der Waals surface area contributed by atoms with Gasteiger partial charge < -0.3 is 10.2 Å². The third-order valence-corrected chi connectivity index (χ3v) is 6.35. The first-order chi connectivity index (χ1) is 15.0. The molecular weight excluding hydrogens is 406 g/mol. The fourth-order valence-corrected chi connectivity index (χ4v) is 4.07. The fraction of sp³-hybridized carbons (Fsp3) is 0.269. The van der Waals surface area contributed by atoms with Gasteiger partial charge in [0, 0.05) is 54.7 Å². The number of halogens is 1. The molecule has 0 aromatic heterocycles. The minimum absolute atomic E-state index is 0.0796. The predicted octanol–water partition coefficient (Wildman–Crippen LogP) is 5.53. The molecule has 1 amide bonds. The third-order valence-electron chi connectivity index (χ3n) is 5.98. The van der Waals surface area contributed by atoms with Gasteiger partial charge in [0.1, 0.15) is 0 Å². The molecule has 0 spiro atoms. The van der Waals surface area contributed by atoms with Crippen molar-refractivity contribution in [2.45, 2.75) is 20.4 Å². The maximum Gasteiger partial charge on any atom is 0.255 e. The summed E-state index contributed by atoms with van der Waals surface area (Å²) in [4.78, 5) is 17.4. The van der Waals surface area contributed by atoms with Crippen molar-refractivity contribution in [2.75, 3.05) is 36.4 Å². The second kappa shape index (κ2) is 9.54. The van der Waals surface area contributed by atoms with Crippen molar-refractivity contribution < 1.29 is 4.79 Å². The van der Waals surface area contributed by atoms with Crippen LogP contribution in [0.5, 0.6) is 0 Å². The Labute approximate surface area is 189 Å². The van der Waals surface area contributed by atoms with E-state index in [1.54, 1.807) is 0 Å². The minimum Gasteiger partial charge on any atom is -0.369 e. The molecule has 3 aromatic rings. The normalized spacial score (nSPS) is 14.5. The lowest BCUT2D eigenvalue weighted by atomic mass is 10.1. The second-order valence-corrected chi connectivity index (χ2v) is 8.56. The van der Waals surface area contributed by atoms with Gasteiger partial charge in [-0.1, -0.05) is 35.9 Å². The summed E-state index contributed by atoms with van der Waals surface area (Å²) in [5, 5.41) is 3.83. The van der Waals surface area contributed by atoms with Crippen molar-refractivity contribution in [1.82, 2.24) is 4.90 Å². The number of aryl methyl sites for hydroxylation is 2. The number of amides is 1. The number of carbonyl (C=O) groups excluding carboxylic acids is 1. The van der Waals surface area contributed by atoms with E-state index in [1.807, 2.05) is 62.4 Å². The number of rotatable bonds is 5. The summed E-state index contributed by atoms with van der Waals surface area (Å²) in [6.45, 7) is 8.89. The highest BCUT2D eigenvalue weighted by Gasteiger charge is 2.18. The van der Waals surface area contributed by atoms with E-state index in [1.165, 1.54) is 16.8 Å². The van der Waals surface area contributed by atoms with Crippen molar-refractivity contribution in [3.05, 3.63) is 94.0 Å². The molecule has 4 rings (SSSR count). The molecule has 0 saturated carbocycles. The predicted molar refractivity (Wildman–Crippen MR) is 129 cm³/mol. The number of carbonyl (C=O) groups is 1. The van der Waals surface area contributed by atoms with E-state index < -0.39 is 0 Å². The Morgan fingerprint density at radius 3 is 2.29 bits per heavy atom. The monoisotopic (exact) mass is 433 g/mol.